The molecule has 10 heteroatoms. The Kier molecular flexibility index (Phi) is 4.83. The Balaban J connectivity index is 2.10. The molecular formula is C13H15BrF3N5O. The molecule has 1 atom stereocenters. The normalized spacial score (nSPS) is 13.2. The number of aryl methyl sites for hydroxylation is 2. The highest BCUT2D eigenvalue weighted by molar-refractivity contribution is 9.10. The molecule has 1 amide bonds. The second-order valence-electron chi connectivity index (χ2n) is 5.07. The number of nitrogens with zero attached hydrogens (tertiary/aromatic N) is 4. The number of halogens is 4. The van der Waals surface area contributed by atoms with Crippen LogP contribution in [0.2, 0.25) is 0 Å². The van der Waals surface area contributed by atoms with E-state index >= 15 is 0 Å². The lowest BCUT2D eigenvalue weighted by atomic mass is 10.3. The first-order valence-corrected chi connectivity index (χ1v) is 7.48. The van der Waals surface area contributed by atoms with E-state index in [1.165, 1.54) is 13.8 Å². The van der Waals surface area contributed by atoms with Gasteiger partial charge in [-0.15, -0.1) is 0 Å². The van der Waals surface area contributed by atoms with Crippen molar-refractivity contribution in [2.75, 3.05) is 0 Å². The smallest absolute Gasteiger partial charge is 0.349 e. The lowest BCUT2D eigenvalue weighted by molar-refractivity contribution is -0.142. The molecule has 2 heterocycles. The summed E-state index contributed by atoms with van der Waals surface area (Å²) >= 11 is 3.31. The molecule has 6 nitrogen and oxygen atoms in total. The van der Waals surface area contributed by atoms with E-state index in [9.17, 15) is 18.0 Å². The first kappa shape index (κ1) is 17.5. The van der Waals surface area contributed by atoms with Gasteiger partial charge in [0.1, 0.15) is 6.04 Å². The number of alkyl halides is 3. The van der Waals surface area contributed by atoms with Gasteiger partial charge in [0.25, 0.3) is 0 Å². The number of nitrogens with one attached hydrogen (secondary N) is 1. The number of aromatic nitrogens is 4. The van der Waals surface area contributed by atoms with Crippen molar-refractivity contribution in [1.29, 1.82) is 0 Å². The minimum Gasteiger partial charge on any atom is -0.349 e. The van der Waals surface area contributed by atoms with E-state index in [1.54, 1.807) is 17.9 Å². The van der Waals surface area contributed by atoms with Gasteiger partial charge in [-0.3, -0.25) is 14.2 Å². The van der Waals surface area contributed by atoms with E-state index in [0.29, 0.717) is 0 Å². The molecule has 0 bridgehead atoms. The van der Waals surface area contributed by atoms with Crippen molar-refractivity contribution in [3.8, 4) is 0 Å². The second-order valence-corrected chi connectivity index (χ2v) is 5.92. The van der Waals surface area contributed by atoms with Gasteiger partial charge < -0.3 is 5.32 Å². The van der Waals surface area contributed by atoms with Crippen LogP contribution in [0.25, 0.3) is 0 Å². The van der Waals surface area contributed by atoms with Gasteiger partial charge in [0.05, 0.1) is 22.9 Å². The molecule has 0 spiro atoms. The van der Waals surface area contributed by atoms with Crippen molar-refractivity contribution in [2.45, 2.75) is 32.6 Å². The van der Waals surface area contributed by atoms with Crippen LogP contribution < -0.4 is 5.32 Å². The summed E-state index contributed by atoms with van der Waals surface area (Å²) in [5.41, 5.74) is 0.00411. The maximum Gasteiger partial charge on any atom is 0.435 e. The van der Waals surface area contributed by atoms with Gasteiger partial charge in [0.15, 0.2) is 5.69 Å². The van der Waals surface area contributed by atoms with Gasteiger partial charge in [0, 0.05) is 12.7 Å². The van der Waals surface area contributed by atoms with E-state index < -0.39 is 23.8 Å². The van der Waals surface area contributed by atoms with Crippen molar-refractivity contribution in [2.24, 2.45) is 7.05 Å². The van der Waals surface area contributed by atoms with Gasteiger partial charge in [0.2, 0.25) is 5.91 Å². The molecule has 126 valence electrons. The molecule has 2 rings (SSSR count). The maximum absolute atomic E-state index is 12.7. The summed E-state index contributed by atoms with van der Waals surface area (Å²) in [4.78, 5) is 12.2. The van der Waals surface area contributed by atoms with E-state index in [1.807, 2.05) is 0 Å². The molecule has 0 aromatic carbocycles. The van der Waals surface area contributed by atoms with Crippen LogP contribution in [0.3, 0.4) is 0 Å². The number of hydrogen-bond donors (Lipinski definition) is 1. The SMILES string of the molecule is Cc1cc(C(F)(F)F)nn1C(C)C(=O)NCc1c(Br)cnn1C. The number of amides is 1. The number of rotatable bonds is 4. The van der Waals surface area contributed by atoms with Gasteiger partial charge in [-0.05, 0) is 35.8 Å². The molecule has 0 fully saturated rings. The van der Waals surface area contributed by atoms with Crippen LogP contribution in [0.5, 0.6) is 0 Å². The fraction of sp³-hybridized carbons (Fsp3) is 0.462. The van der Waals surface area contributed by atoms with Crippen LogP contribution in [-0.2, 0) is 24.6 Å². The highest BCUT2D eigenvalue weighted by Crippen LogP contribution is 2.29. The van der Waals surface area contributed by atoms with E-state index in [0.717, 1.165) is 20.9 Å². The third kappa shape index (κ3) is 3.74. The Morgan fingerprint density at radius 2 is 2.13 bits per heavy atom. The number of carbonyl (C=O) groups excluding carboxylic acids is 1. The largest absolute Gasteiger partial charge is 0.435 e. The number of hydrogen-bond acceptors (Lipinski definition) is 3. The molecule has 0 aliphatic rings. The molecule has 2 aromatic rings. The van der Waals surface area contributed by atoms with Crippen molar-refractivity contribution < 1.29 is 18.0 Å². The third-order valence-electron chi connectivity index (χ3n) is 3.40. The van der Waals surface area contributed by atoms with Crippen molar-refractivity contribution >= 4 is 21.8 Å². The summed E-state index contributed by atoms with van der Waals surface area (Å²) < 4.78 is 41.4. The predicted octanol–water partition coefficient (Wildman–Crippen LogP) is 2.58. The van der Waals surface area contributed by atoms with Crippen LogP contribution in [0.15, 0.2) is 16.7 Å². The Hall–Kier alpha value is -1.84. The number of carbonyl (C=O) groups is 1. The van der Waals surface area contributed by atoms with E-state index in [4.69, 9.17) is 0 Å². The molecule has 1 N–H and O–H groups in total. The summed E-state index contributed by atoms with van der Waals surface area (Å²) in [5, 5.41) is 10.2. The Bertz CT molecular complexity index is 702. The van der Waals surface area contributed by atoms with Gasteiger partial charge in [-0.1, -0.05) is 0 Å². The molecule has 0 aliphatic carbocycles. The van der Waals surface area contributed by atoms with Crippen LogP contribution in [-0.4, -0.2) is 25.5 Å². The van der Waals surface area contributed by atoms with Crippen LogP contribution in [0.4, 0.5) is 13.2 Å². The zero-order valence-electron chi connectivity index (χ0n) is 12.6. The van der Waals surface area contributed by atoms with Crippen molar-refractivity contribution in [1.82, 2.24) is 24.9 Å². The summed E-state index contributed by atoms with van der Waals surface area (Å²) in [6, 6.07) is 0.0553. The Labute approximate surface area is 138 Å². The zero-order valence-corrected chi connectivity index (χ0v) is 14.2. The molecular weight excluding hydrogens is 379 g/mol. The van der Waals surface area contributed by atoms with Crippen LogP contribution in [0, 0.1) is 6.92 Å². The third-order valence-corrected chi connectivity index (χ3v) is 4.06. The first-order valence-electron chi connectivity index (χ1n) is 6.68. The quantitative estimate of drug-likeness (QED) is 0.867. The second kappa shape index (κ2) is 6.34. The lowest BCUT2D eigenvalue weighted by Gasteiger charge is -2.15. The fourth-order valence-corrected chi connectivity index (χ4v) is 2.57. The van der Waals surface area contributed by atoms with Gasteiger partial charge in [-0.2, -0.15) is 23.4 Å². The zero-order chi connectivity index (χ0) is 17.4. The Morgan fingerprint density at radius 1 is 1.48 bits per heavy atom. The molecule has 1 unspecified atom stereocenters. The van der Waals surface area contributed by atoms with E-state index in [-0.39, 0.29) is 12.2 Å². The minimum absolute atomic E-state index is 0.201. The predicted molar refractivity (Wildman–Crippen MR) is 79.4 cm³/mol. The van der Waals surface area contributed by atoms with Crippen LogP contribution in [0.1, 0.15) is 30.0 Å². The van der Waals surface area contributed by atoms with Crippen molar-refractivity contribution in [3.63, 3.8) is 0 Å². The molecule has 23 heavy (non-hydrogen) atoms. The van der Waals surface area contributed by atoms with Gasteiger partial charge in [-0.25, -0.2) is 0 Å². The highest BCUT2D eigenvalue weighted by atomic mass is 79.9. The topological polar surface area (TPSA) is 64.7 Å². The molecule has 0 aliphatic heterocycles. The average Bonchev–Trinajstić information content (AvgIpc) is 2.99. The standard InChI is InChI=1S/C13H15BrF3N5O/c1-7-4-11(13(15,16)17)20-22(7)8(2)12(23)18-6-10-9(14)5-19-21(10)3/h4-5,8H,6H2,1-3H3,(H,18,23). The summed E-state index contributed by atoms with van der Waals surface area (Å²) in [7, 11) is 1.73. The van der Waals surface area contributed by atoms with E-state index in [2.05, 4.69) is 31.4 Å². The van der Waals surface area contributed by atoms with Gasteiger partial charge >= 0.3 is 6.18 Å². The molecule has 0 saturated carbocycles. The lowest BCUT2D eigenvalue weighted by Crippen LogP contribution is -2.32. The summed E-state index contributed by atoms with van der Waals surface area (Å²) in [6.07, 6.45) is -2.94. The summed E-state index contributed by atoms with van der Waals surface area (Å²) in [6.45, 7) is 3.17. The maximum atomic E-state index is 12.7. The van der Waals surface area contributed by atoms with Crippen LogP contribution >= 0.6 is 15.9 Å². The molecule has 0 radical (unpaired) electrons. The Morgan fingerprint density at radius 3 is 2.61 bits per heavy atom. The van der Waals surface area contributed by atoms with Crippen molar-refractivity contribution in [3.05, 3.63) is 33.8 Å². The minimum atomic E-state index is -4.54. The fourth-order valence-electron chi connectivity index (χ4n) is 2.08. The monoisotopic (exact) mass is 393 g/mol. The summed E-state index contributed by atoms with van der Waals surface area (Å²) in [5.74, 6) is -0.432. The highest BCUT2D eigenvalue weighted by Gasteiger charge is 2.35. The first-order chi connectivity index (χ1) is 10.6. The average molecular weight is 394 g/mol. The molecule has 2 aromatic heterocycles. The molecule has 0 saturated heterocycles.